The lowest BCUT2D eigenvalue weighted by Crippen LogP contribution is -2.37. The van der Waals surface area contributed by atoms with E-state index in [0.29, 0.717) is 23.7 Å². The number of carbonyl (C=O) groups excluding carboxylic acids is 1. The topological polar surface area (TPSA) is 55.1 Å². The normalized spacial score (nSPS) is 11.7. The first kappa shape index (κ1) is 15.0. The lowest BCUT2D eigenvalue weighted by Gasteiger charge is -2.29. The van der Waals surface area contributed by atoms with Crippen molar-refractivity contribution in [3.05, 3.63) is 28.2 Å². The van der Waals surface area contributed by atoms with Crippen LogP contribution in [0.15, 0.2) is 22.7 Å². The molecular formula is C14H21BrN2O. The highest BCUT2D eigenvalue weighted by atomic mass is 79.9. The van der Waals surface area contributed by atoms with Crippen molar-refractivity contribution in [3.63, 3.8) is 0 Å². The van der Waals surface area contributed by atoms with Crippen LogP contribution in [-0.2, 0) is 0 Å². The van der Waals surface area contributed by atoms with Gasteiger partial charge in [-0.1, -0.05) is 43.6 Å². The van der Waals surface area contributed by atoms with Gasteiger partial charge in [0.15, 0.2) is 0 Å². The van der Waals surface area contributed by atoms with E-state index in [0.717, 1.165) is 4.47 Å². The highest BCUT2D eigenvalue weighted by Gasteiger charge is 2.23. The number of carbonyl (C=O) groups is 1. The van der Waals surface area contributed by atoms with Gasteiger partial charge in [-0.2, -0.15) is 0 Å². The largest absolute Gasteiger partial charge is 0.399 e. The molecule has 0 aromatic heterocycles. The van der Waals surface area contributed by atoms with Gasteiger partial charge in [-0.05, 0) is 29.5 Å². The van der Waals surface area contributed by atoms with Gasteiger partial charge >= 0.3 is 0 Å². The Morgan fingerprint density at radius 2 is 2.00 bits per heavy atom. The maximum Gasteiger partial charge on any atom is 0.251 e. The second-order valence-electron chi connectivity index (χ2n) is 5.60. The summed E-state index contributed by atoms with van der Waals surface area (Å²) in [5.74, 6) is 0.419. The van der Waals surface area contributed by atoms with E-state index in [2.05, 4.69) is 48.9 Å². The fraction of sp³-hybridized carbons (Fsp3) is 0.500. The number of rotatable bonds is 4. The Bertz CT molecular complexity index is 421. The van der Waals surface area contributed by atoms with Crippen molar-refractivity contribution in [2.24, 2.45) is 11.3 Å². The quantitative estimate of drug-likeness (QED) is 0.837. The molecule has 0 heterocycles. The van der Waals surface area contributed by atoms with Crippen molar-refractivity contribution in [3.8, 4) is 0 Å². The highest BCUT2D eigenvalue weighted by Crippen LogP contribution is 2.25. The molecule has 18 heavy (non-hydrogen) atoms. The monoisotopic (exact) mass is 312 g/mol. The number of nitrogens with one attached hydrogen (secondary N) is 1. The number of anilines is 1. The van der Waals surface area contributed by atoms with E-state index in [4.69, 9.17) is 5.73 Å². The molecule has 0 saturated carbocycles. The average molecular weight is 313 g/mol. The molecule has 1 rings (SSSR count). The molecule has 0 bridgehead atoms. The van der Waals surface area contributed by atoms with Gasteiger partial charge in [0.25, 0.3) is 5.91 Å². The first-order valence-corrected chi connectivity index (χ1v) is 6.86. The molecule has 3 N–H and O–H groups in total. The van der Waals surface area contributed by atoms with Crippen LogP contribution in [0.5, 0.6) is 0 Å². The molecule has 0 aliphatic heterocycles. The van der Waals surface area contributed by atoms with Crippen LogP contribution < -0.4 is 11.1 Å². The summed E-state index contributed by atoms with van der Waals surface area (Å²) >= 11 is 3.34. The molecule has 0 fully saturated rings. The van der Waals surface area contributed by atoms with Gasteiger partial charge in [0.05, 0.1) is 0 Å². The number of amides is 1. The lowest BCUT2D eigenvalue weighted by molar-refractivity contribution is 0.0925. The third kappa shape index (κ3) is 4.02. The molecule has 0 spiro atoms. The van der Waals surface area contributed by atoms with Crippen LogP contribution in [0.3, 0.4) is 0 Å². The van der Waals surface area contributed by atoms with Gasteiger partial charge in [-0.3, -0.25) is 4.79 Å². The summed E-state index contributed by atoms with van der Waals surface area (Å²) in [5.41, 5.74) is 6.96. The number of hydrogen-bond acceptors (Lipinski definition) is 2. The van der Waals surface area contributed by atoms with E-state index in [1.807, 2.05) is 0 Å². The summed E-state index contributed by atoms with van der Waals surface area (Å²) in [5, 5.41) is 2.96. The van der Waals surface area contributed by atoms with Crippen molar-refractivity contribution in [2.75, 3.05) is 12.3 Å². The van der Waals surface area contributed by atoms with E-state index < -0.39 is 0 Å². The molecule has 0 aliphatic carbocycles. The summed E-state index contributed by atoms with van der Waals surface area (Å²) in [6.07, 6.45) is 0. The molecule has 4 heteroatoms. The number of halogens is 1. The molecule has 1 aromatic rings. The van der Waals surface area contributed by atoms with Crippen LogP contribution in [0.1, 0.15) is 38.1 Å². The third-order valence-corrected chi connectivity index (χ3v) is 3.91. The minimum absolute atomic E-state index is 0.0766. The number of hydrogen-bond donors (Lipinski definition) is 2. The molecule has 0 radical (unpaired) electrons. The molecule has 0 aliphatic rings. The van der Waals surface area contributed by atoms with Gasteiger partial charge in [0.1, 0.15) is 0 Å². The van der Waals surface area contributed by atoms with Gasteiger partial charge in [-0.25, -0.2) is 0 Å². The van der Waals surface area contributed by atoms with E-state index in [1.165, 1.54) is 0 Å². The Kier molecular flexibility index (Phi) is 4.79. The minimum Gasteiger partial charge on any atom is -0.399 e. The number of nitrogens with two attached hydrogens (primary N) is 1. The van der Waals surface area contributed by atoms with Gasteiger partial charge in [-0.15, -0.1) is 0 Å². The molecular weight excluding hydrogens is 292 g/mol. The van der Waals surface area contributed by atoms with Gasteiger partial charge in [0.2, 0.25) is 0 Å². The number of benzene rings is 1. The molecule has 1 aromatic carbocycles. The van der Waals surface area contributed by atoms with Gasteiger partial charge < -0.3 is 11.1 Å². The molecule has 0 unspecified atom stereocenters. The van der Waals surface area contributed by atoms with Crippen LogP contribution in [0.2, 0.25) is 0 Å². The first-order valence-electron chi connectivity index (χ1n) is 6.06. The molecule has 3 nitrogen and oxygen atoms in total. The maximum atomic E-state index is 12.0. The van der Waals surface area contributed by atoms with Crippen LogP contribution in [-0.4, -0.2) is 12.5 Å². The van der Waals surface area contributed by atoms with Crippen molar-refractivity contribution >= 4 is 27.5 Å². The Labute approximate surface area is 117 Å². The van der Waals surface area contributed by atoms with Crippen LogP contribution in [0, 0.1) is 11.3 Å². The van der Waals surface area contributed by atoms with Crippen molar-refractivity contribution in [1.82, 2.24) is 5.32 Å². The average Bonchev–Trinajstić information content (AvgIpc) is 2.24. The van der Waals surface area contributed by atoms with E-state index in [9.17, 15) is 4.79 Å². The summed E-state index contributed by atoms with van der Waals surface area (Å²) in [7, 11) is 0. The summed E-state index contributed by atoms with van der Waals surface area (Å²) < 4.78 is 0.816. The lowest BCUT2D eigenvalue weighted by atomic mass is 9.81. The zero-order chi connectivity index (χ0) is 13.9. The van der Waals surface area contributed by atoms with Crippen LogP contribution in [0.25, 0.3) is 0 Å². The van der Waals surface area contributed by atoms with E-state index in [1.54, 1.807) is 18.2 Å². The fourth-order valence-electron chi connectivity index (χ4n) is 1.36. The molecule has 100 valence electrons. The summed E-state index contributed by atoms with van der Waals surface area (Å²) in [4.78, 5) is 12.0. The molecule has 0 atom stereocenters. The SMILES string of the molecule is CC(C)C(C)(C)CNC(=O)c1cc(N)cc(Br)c1. The Hall–Kier alpha value is -1.03. The third-order valence-electron chi connectivity index (χ3n) is 3.45. The minimum atomic E-state index is -0.0864. The van der Waals surface area contributed by atoms with E-state index >= 15 is 0 Å². The molecule has 1 amide bonds. The van der Waals surface area contributed by atoms with Gasteiger partial charge in [0, 0.05) is 22.3 Å². The smallest absolute Gasteiger partial charge is 0.251 e. The van der Waals surface area contributed by atoms with Crippen molar-refractivity contribution < 1.29 is 4.79 Å². The van der Waals surface area contributed by atoms with E-state index in [-0.39, 0.29) is 11.3 Å². The zero-order valence-corrected chi connectivity index (χ0v) is 13.0. The highest BCUT2D eigenvalue weighted by molar-refractivity contribution is 9.10. The number of nitrogen functional groups attached to an aromatic ring is 1. The van der Waals surface area contributed by atoms with Crippen molar-refractivity contribution in [1.29, 1.82) is 0 Å². The Balaban J connectivity index is 2.72. The fourth-order valence-corrected chi connectivity index (χ4v) is 1.87. The van der Waals surface area contributed by atoms with Crippen molar-refractivity contribution in [2.45, 2.75) is 27.7 Å². The van der Waals surface area contributed by atoms with Crippen LogP contribution >= 0.6 is 15.9 Å². The van der Waals surface area contributed by atoms with Crippen LogP contribution in [0.4, 0.5) is 5.69 Å². The second kappa shape index (κ2) is 5.74. The summed E-state index contributed by atoms with van der Waals surface area (Å²) in [6, 6.07) is 5.23. The molecule has 0 saturated heterocycles. The maximum absolute atomic E-state index is 12.0. The predicted octanol–water partition coefficient (Wildman–Crippen LogP) is 3.44. The second-order valence-corrected chi connectivity index (χ2v) is 6.51. The Morgan fingerprint density at radius 3 is 2.50 bits per heavy atom. The first-order chi connectivity index (χ1) is 8.22. The summed E-state index contributed by atoms with van der Waals surface area (Å²) in [6.45, 7) is 9.25. The Morgan fingerprint density at radius 1 is 1.39 bits per heavy atom. The zero-order valence-electron chi connectivity index (χ0n) is 11.4. The standard InChI is InChI=1S/C14H21BrN2O/c1-9(2)14(3,4)8-17-13(18)10-5-11(15)7-12(16)6-10/h5-7,9H,8,16H2,1-4H3,(H,17,18). The predicted molar refractivity (Wildman–Crippen MR) is 79.5 cm³/mol.